The molecule has 98 valence electrons. The molecule has 0 aliphatic rings. The molecular formula is C9H9Cl3F3NO. The summed E-state index contributed by atoms with van der Waals surface area (Å²) in [6.45, 7) is 0. The molecule has 1 aromatic rings. The number of aliphatic hydroxyl groups excluding tert-OH is 1. The number of hydrogen-bond donors (Lipinski definition) is 2. The van der Waals surface area contributed by atoms with Crippen molar-refractivity contribution in [3.05, 3.63) is 33.8 Å². The lowest BCUT2D eigenvalue weighted by Crippen LogP contribution is -2.39. The smallest absolute Gasteiger partial charge is 0.382 e. The van der Waals surface area contributed by atoms with Gasteiger partial charge in [-0.2, -0.15) is 13.2 Å². The van der Waals surface area contributed by atoms with Gasteiger partial charge in [0.15, 0.2) is 6.10 Å². The summed E-state index contributed by atoms with van der Waals surface area (Å²) in [5, 5.41) is 8.97. The van der Waals surface area contributed by atoms with Crippen molar-refractivity contribution >= 4 is 35.6 Å². The van der Waals surface area contributed by atoms with Crippen molar-refractivity contribution in [1.82, 2.24) is 0 Å². The average Bonchev–Trinajstić information content (AvgIpc) is 2.14. The maximum Gasteiger partial charge on any atom is 0.416 e. The van der Waals surface area contributed by atoms with E-state index < -0.39 is 18.3 Å². The van der Waals surface area contributed by atoms with Gasteiger partial charge in [0.1, 0.15) is 0 Å². The fourth-order valence-electron chi connectivity index (χ4n) is 1.19. The molecule has 17 heavy (non-hydrogen) atoms. The van der Waals surface area contributed by atoms with E-state index in [-0.39, 0.29) is 28.0 Å². The molecule has 0 fully saturated rings. The minimum Gasteiger partial charge on any atom is -0.382 e. The molecule has 0 unspecified atom stereocenters. The molecule has 0 spiro atoms. The number of benzene rings is 1. The van der Waals surface area contributed by atoms with Crippen molar-refractivity contribution in [3.63, 3.8) is 0 Å². The van der Waals surface area contributed by atoms with E-state index in [0.717, 1.165) is 0 Å². The van der Waals surface area contributed by atoms with Crippen LogP contribution >= 0.6 is 35.6 Å². The lowest BCUT2D eigenvalue weighted by Gasteiger charge is -2.23. The van der Waals surface area contributed by atoms with Gasteiger partial charge in [0.05, 0.1) is 6.04 Å². The first-order chi connectivity index (χ1) is 7.25. The van der Waals surface area contributed by atoms with E-state index in [0.29, 0.717) is 0 Å². The van der Waals surface area contributed by atoms with Gasteiger partial charge in [-0.3, -0.25) is 0 Å². The number of alkyl halides is 3. The Morgan fingerprint density at radius 3 is 1.94 bits per heavy atom. The molecule has 8 heteroatoms. The van der Waals surface area contributed by atoms with E-state index in [1.165, 1.54) is 18.2 Å². The molecule has 0 aliphatic carbocycles. The van der Waals surface area contributed by atoms with Crippen LogP contribution in [-0.2, 0) is 0 Å². The SMILES string of the molecule is Cl.N[C@@H](c1c(Cl)cccc1Cl)[C@H](O)C(F)(F)F. The molecule has 2 nitrogen and oxygen atoms in total. The maximum atomic E-state index is 12.2. The van der Waals surface area contributed by atoms with Gasteiger partial charge in [-0.15, -0.1) is 12.4 Å². The standard InChI is InChI=1S/C9H8Cl2F3NO.ClH/c10-4-2-1-3-5(11)6(4)7(15)8(16)9(12,13)14;/h1-3,7-8,16H,15H2;1H/t7-,8-;/m0./s1. The Hall–Kier alpha value is -0.200. The second-order valence-electron chi connectivity index (χ2n) is 3.15. The Morgan fingerprint density at radius 1 is 1.18 bits per heavy atom. The number of aliphatic hydroxyl groups is 1. The van der Waals surface area contributed by atoms with Crippen LogP contribution in [0.1, 0.15) is 11.6 Å². The van der Waals surface area contributed by atoms with Crippen LogP contribution in [0.2, 0.25) is 10.0 Å². The largest absolute Gasteiger partial charge is 0.416 e. The number of nitrogens with two attached hydrogens (primary N) is 1. The first-order valence-corrected chi connectivity index (χ1v) is 4.95. The molecule has 1 rings (SSSR count). The summed E-state index contributed by atoms with van der Waals surface area (Å²) in [6, 6.07) is 2.47. The van der Waals surface area contributed by atoms with E-state index in [4.69, 9.17) is 34.0 Å². The van der Waals surface area contributed by atoms with E-state index in [2.05, 4.69) is 0 Å². The van der Waals surface area contributed by atoms with E-state index in [1.807, 2.05) is 0 Å². The van der Waals surface area contributed by atoms with Crippen LogP contribution in [-0.4, -0.2) is 17.4 Å². The van der Waals surface area contributed by atoms with Crippen molar-refractivity contribution in [2.45, 2.75) is 18.3 Å². The fraction of sp³-hybridized carbons (Fsp3) is 0.333. The molecule has 1 aromatic carbocycles. The Labute approximate surface area is 112 Å². The molecule has 2 atom stereocenters. The molecule has 0 saturated heterocycles. The van der Waals surface area contributed by atoms with Gasteiger partial charge >= 0.3 is 6.18 Å². The van der Waals surface area contributed by atoms with E-state index >= 15 is 0 Å². The summed E-state index contributed by atoms with van der Waals surface area (Å²) >= 11 is 11.4. The molecule has 0 saturated carbocycles. The van der Waals surface area contributed by atoms with Crippen molar-refractivity contribution in [3.8, 4) is 0 Å². The predicted octanol–water partition coefficient (Wildman–Crippen LogP) is 3.34. The van der Waals surface area contributed by atoms with E-state index in [1.54, 1.807) is 0 Å². The second kappa shape index (κ2) is 6.11. The monoisotopic (exact) mass is 309 g/mol. The summed E-state index contributed by atoms with van der Waals surface area (Å²) in [6.07, 6.45) is -7.52. The molecule has 0 amide bonds. The van der Waals surface area contributed by atoms with Crippen LogP contribution in [0.15, 0.2) is 18.2 Å². The van der Waals surface area contributed by atoms with Gasteiger partial charge in [0.2, 0.25) is 0 Å². The summed E-state index contributed by atoms with van der Waals surface area (Å²) in [5.74, 6) is 0. The first-order valence-electron chi connectivity index (χ1n) is 4.19. The number of hydrogen-bond acceptors (Lipinski definition) is 2. The molecule has 0 heterocycles. The van der Waals surface area contributed by atoms with Gasteiger partial charge < -0.3 is 10.8 Å². The average molecular weight is 311 g/mol. The van der Waals surface area contributed by atoms with Crippen molar-refractivity contribution in [2.75, 3.05) is 0 Å². The van der Waals surface area contributed by atoms with Crippen LogP contribution in [0.25, 0.3) is 0 Å². The Balaban J connectivity index is 0.00000256. The van der Waals surface area contributed by atoms with E-state index in [9.17, 15) is 13.2 Å². The highest BCUT2D eigenvalue weighted by Crippen LogP contribution is 2.35. The third-order valence-corrected chi connectivity index (χ3v) is 2.67. The van der Waals surface area contributed by atoms with Gasteiger partial charge in [-0.25, -0.2) is 0 Å². The normalized spacial score (nSPS) is 15.0. The lowest BCUT2D eigenvalue weighted by atomic mass is 10.0. The Morgan fingerprint density at radius 2 is 1.59 bits per heavy atom. The minimum atomic E-state index is -4.82. The first kappa shape index (κ1) is 16.8. The molecule has 0 aliphatic heterocycles. The fourth-order valence-corrected chi connectivity index (χ4v) is 1.84. The zero-order valence-corrected chi connectivity index (χ0v) is 10.5. The highest BCUT2D eigenvalue weighted by Gasteiger charge is 2.43. The van der Waals surface area contributed by atoms with Crippen LogP contribution in [0.3, 0.4) is 0 Å². The van der Waals surface area contributed by atoms with Gasteiger partial charge in [-0.05, 0) is 12.1 Å². The van der Waals surface area contributed by atoms with Crippen molar-refractivity contribution < 1.29 is 18.3 Å². The molecule has 0 bridgehead atoms. The lowest BCUT2D eigenvalue weighted by molar-refractivity contribution is -0.210. The maximum absolute atomic E-state index is 12.2. The number of rotatable bonds is 2. The summed E-state index contributed by atoms with van der Waals surface area (Å²) < 4.78 is 36.7. The summed E-state index contributed by atoms with van der Waals surface area (Å²) in [5.41, 5.74) is 5.17. The van der Waals surface area contributed by atoms with Crippen molar-refractivity contribution in [1.29, 1.82) is 0 Å². The third-order valence-electron chi connectivity index (χ3n) is 2.01. The molecular weight excluding hydrogens is 301 g/mol. The zero-order valence-electron chi connectivity index (χ0n) is 8.21. The van der Waals surface area contributed by atoms with Crippen LogP contribution in [0.5, 0.6) is 0 Å². The topological polar surface area (TPSA) is 46.2 Å². The zero-order chi connectivity index (χ0) is 12.5. The van der Waals surface area contributed by atoms with Gasteiger partial charge in [0, 0.05) is 15.6 Å². The van der Waals surface area contributed by atoms with Crippen LogP contribution < -0.4 is 5.73 Å². The predicted molar refractivity (Wildman–Crippen MR) is 62.7 cm³/mol. The summed E-state index contributed by atoms with van der Waals surface area (Å²) in [7, 11) is 0. The molecule has 3 N–H and O–H groups in total. The van der Waals surface area contributed by atoms with Gasteiger partial charge in [0.25, 0.3) is 0 Å². The quantitative estimate of drug-likeness (QED) is 0.880. The highest BCUT2D eigenvalue weighted by molar-refractivity contribution is 6.36. The Bertz CT molecular complexity index is 366. The Kier molecular flexibility index (Phi) is 6.04. The molecule has 0 radical (unpaired) electrons. The van der Waals surface area contributed by atoms with Crippen molar-refractivity contribution in [2.24, 2.45) is 5.73 Å². The summed E-state index contributed by atoms with van der Waals surface area (Å²) in [4.78, 5) is 0. The second-order valence-corrected chi connectivity index (χ2v) is 3.96. The minimum absolute atomic E-state index is 0. The highest BCUT2D eigenvalue weighted by atomic mass is 35.5. The van der Waals surface area contributed by atoms with Crippen LogP contribution in [0.4, 0.5) is 13.2 Å². The van der Waals surface area contributed by atoms with Gasteiger partial charge in [-0.1, -0.05) is 29.3 Å². The van der Waals surface area contributed by atoms with Crippen LogP contribution in [0, 0.1) is 0 Å². The molecule has 0 aromatic heterocycles. The number of halogens is 6. The third kappa shape index (κ3) is 3.89.